The van der Waals surface area contributed by atoms with Crippen molar-refractivity contribution in [3.8, 4) is 16.8 Å². The van der Waals surface area contributed by atoms with Crippen LogP contribution in [0.25, 0.3) is 5.00 Å². The number of methoxy groups -OCH3 is 1. The molecule has 48 heavy (non-hydrogen) atoms. The zero-order valence-electron chi connectivity index (χ0n) is 27.4. The highest BCUT2D eigenvalue weighted by atomic mass is 35.5. The number of thiophene rings is 1. The van der Waals surface area contributed by atoms with Crippen LogP contribution < -0.4 is 11.1 Å². The van der Waals surface area contributed by atoms with Crippen LogP contribution in [-0.4, -0.2) is 70.4 Å². The molecule has 2 aromatic heterocycles. The van der Waals surface area contributed by atoms with Crippen molar-refractivity contribution in [1.82, 2.24) is 19.7 Å². The number of ether oxygens (including phenoxy) is 1. The second kappa shape index (κ2) is 14.9. The van der Waals surface area contributed by atoms with Crippen molar-refractivity contribution >= 4 is 52.1 Å². The Morgan fingerprint density at radius 1 is 1.12 bits per heavy atom. The average molecular weight is 686 g/mol. The van der Waals surface area contributed by atoms with Crippen LogP contribution >= 0.6 is 22.9 Å². The highest BCUT2D eigenvalue weighted by Gasteiger charge is 2.33. The van der Waals surface area contributed by atoms with E-state index in [4.69, 9.17) is 27.1 Å². The Morgan fingerprint density at radius 3 is 2.58 bits per heavy atom. The third-order valence-electron chi connectivity index (χ3n) is 8.08. The number of carbonyl (C=O) groups is 3. The third-order valence-corrected chi connectivity index (χ3v) is 9.53. The molecule has 1 atom stereocenters. The van der Waals surface area contributed by atoms with E-state index in [-0.39, 0.29) is 36.8 Å². The number of hydrogen-bond acceptors (Lipinski definition) is 9. The third kappa shape index (κ3) is 7.33. The van der Waals surface area contributed by atoms with Crippen molar-refractivity contribution in [1.29, 1.82) is 0 Å². The normalized spacial score (nSPS) is 13.3. The van der Waals surface area contributed by atoms with Gasteiger partial charge < -0.3 is 20.7 Å². The predicted octanol–water partition coefficient (Wildman–Crippen LogP) is 5.16. The number of rotatable bonds is 9. The van der Waals surface area contributed by atoms with Crippen LogP contribution in [0.1, 0.15) is 74.4 Å². The van der Waals surface area contributed by atoms with E-state index in [1.807, 2.05) is 35.8 Å². The topological polar surface area (TPSA) is 145 Å². The second-order valence-corrected chi connectivity index (χ2v) is 13.0. The molecule has 1 aliphatic heterocycles. The Morgan fingerprint density at radius 2 is 1.88 bits per heavy atom. The maximum atomic E-state index is 13.6. The SMILES string of the molecule is COC(=O)c1ccc(NC(=O)CCCN(C)C(=O)C[C@@H]2N=C(c3ccc(Cl)cc3)c3c(sc(C)c3C)-n3c(C)nnc32)cc1C#CCN. The number of carbonyl (C=O) groups excluding carboxylic acids is 3. The molecule has 0 saturated carbocycles. The maximum Gasteiger partial charge on any atom is 0.339 e. The first-order chi connectivity index (χ1) is 23.0. The molecule has 0 unspecified atom stereocenters. The molecule has 3 N–H and O–H groups in total. The molecule has 0 aliphatic carbocycles. The number of nitrogens with two attached hydrogens (primary N) is 1. The monoisotopic (exact) mass is 685 g/mol. The number of fused-ring (bicyclic) bond motifs is 3. The lowest BCUT2D eigenvalue weighted by Crippen LogP contribution is -2.30. The molecule has 4 aromatic rings. The van der Waals surface area contributed by atoms with Gasteiger partial charge in [0.2, 0.25) is 11.8 Å². The van der Waals surface area contributed by atoms with E-state index >= 15 is 0 Å². The van der Waals surface area contributed by atoms with Crippen LogP contribution in [0, 0.1) is 32.6 Å². The van der Waals surface area contributed by atoms with E-state index in [1.54, 1.807) is 41.5 Å². The lowest BCUT2D eigenvalue weighted by Gasteiger charge is -2.20. The standard InChI is InChI=1S/C35H36ClN7O4S/c1-20-21(2)48-34-31(20)32(23-10-12-25(36)13-11-23)39-28(33-41-40-22(3)43(33)34)19-30(45)42(4)17-7-9-29(44)38-26-14-15-27(35(46)47-5)24(18-26)8-6-16-37/h10-15,18,28H,7,9,16-17,19,37H2,1-5H3,(H,38,44)/t28-/m0/s1. The van der Waals surface area contributed by atoms with E-state index in [0.717, 1.165) is 38.1 Å². The second-order valence-electron chi connectivity index (χ2n) is 11.3. The molecule has 0 fully saturated rings. The first-order valence-corrected chi connectivity index (χ1v) is 16.5. The first-order valence-electron chi connectivity index (χ1n) is 15.3. The molecular formula is C35H36ClN7O4S. The van der Waals surface area contributed by atoms with Gasteiger partial charge in [0.25, 0.3) is 0 Å². The van der Waals surface area contributed by atoms with Gasteiger partial charge in [-0.05, 0) is 63.1 Å². The Bertz CT molecular complexity index is 1970. The molecule has 248 valence electrons. The maximum absolute atomic E-state index is 13.6. The molecule has 0 saturated heterocycles. The molecular weight excluding hydrogens is 650 g/mol. The summed E-state index contributed by atoms with van der Waals surface area (Å²) < 4.78 is 6.83. The molecule has 0 spiro atoms. The molecule has 2 aromatic carbocycles. The van der Waals surface area contributed by atoms with Crippen LogP contribution in [0.2, 0.25) is 5.02 Å². The zero-order valence-corrected chi connectivity index (χ0v) is 29.0. The van der Waals surface area contributed by atoms with Crippen LogP contribution in [0.5, 0.6) is 0 Å². The van der Waals surface area contributed by atoms with Crippen LogP contribution in [0.3, 0.4) is 0 Å². The van der Waals surface area contributed by atoms with Crippen molar-refractivity contribution in [3.63, 3.8) is 0 Å². The average Bonchev–Trinajstić information content (AvgIpc) is 3.55. The molecule has 5 rings (SSSR count). The predicted molar refractivity (Wildman–Crippen MR) is 187 cm³/mol. The van der Waals surface area contributed by atoms with Crippen molar-refractivity contribution in [2.75, 3.05) is 32.6 Å². The van der Waals surface area contributed by atoms with E-state index in [2.05, 4.69) is 41.2 Å². The van der Waals surface area contributed by atoms with Gasteiger partial charge in [-0.1, -0.05) is 35.6 Å². The fourth-order valence-electron chi connectivity index (χ4n) is 5.44. The fraction of sp³-hybridized carbons (Fsp3) is 0.314. The number of amides is 2. The molecule has 0 bridgehead atoms. The van der Waals surface area contributed by atoms with E-state index in [0.29, 0.717) is 35.1 Å². The summed E-state index contributed by atoms with van der Waals surface area (Å²) in [7, 11) is 3.01. The van der Waals surface area contributed by atoms with Gasteiger partial charge in [-0.3, -0.25) is 19.1 Å². The number of hydrogen-bond donors (Lipinski definition) is 2. The Balaban J connectivity index is 1.29. The number of nitrogens with zero attached hydrogens (tertiary/aromatic N) is 5. The van der Waals surface area contributed by atoms with Gasteiger partial charge in [0.05, 0.1) is 31.4 Å². The Hall–Kier alpha value is -4.83. The van der Waals surface area contributed by atoms with E-state index in [9.17, 15) is 14.4 Å². The molecule has 0 radical (unpaired) electrons. The number of esters is 1. The highest BCUT2D eigenvalue weighted by molar-refractivity contribution is 7.15. The van der Waals surface area contributed by atoms with Crippen molar-refractivity contribution in [2.45, 2.75) is 46.1 Å². The minimum absolute atomic E-state index is 0.0735. The van der Waals surface area contributed by atoms with Gasteiger partial charge in [0.1, 0.15) is 16.9 Å². The molecule has 13 heteroatoms. The molecule has 11 nitrogen and oxygen atoms in total. The summed E-state index contributed by atoms with van der Waals surface area (Å²) in [5.41, 5.74) is 10.5. The van der Waals surface area contributed by atoms with Gasteiger partial charge >= 0.3 is 5.97 Å². The van der Waals surface area contributed by atoms with E-state index < -0.39 is 12.0 Å². The Labute approximate surface area is 288 Å². The first kappa shape index (κ1) is 34.5. The summed E-state index contributed by atoms with van der Waals surface area (Å²) in [5.74, 6) is 5.99. The lowest BCUT2D eigenvalue weighted by atomic mass is 9.99. The number of aliphatic imine (C=N–C) groups is 1. The highest BCUT2D eigenvalue weighted by Crippen LogP contribution is 2.39. The number of aryl methyl sites for hydroxylation is 2. The molecule has 2 amide bonds. The van der Waals surface area contributed by atoms with Gasteiger partial charge in [-0.15, -0.1) is 21.5 Å². The fourth-order valence-corrected chi connectivity index (χ4v) is 6.78. The van der Waals surface area contributed by atoms with Gasteiger partial charge in [-0.2, -0.15) is 0 Å². The van der Waals surface area contributed by atoms with E-state index in [1.165, 1.54) is 7.11 Å². The summed E-state index contributed by atoms with van der Waals surface area (Å²) in [6.07, 6.45) is 0.683. The summed E-state index contributed by atoms with van der Waals surface area (Å²) in [6, 6.07) is 11.7. The number of aromatic nitrogens is 3. The zero-order chi connectivity index (χ0) is 34.5. The quantitative estimate of drug-likeness (QED) is 0.183. The van der Waals surface area contributed by atoms with Crippen molar-refractivity contribution in [2.24, 2.45) is 10.7 Å². The number of anilines is 1. The van der Waals surface area contributed by atoms with Crippen LogP contribution in [-0.2, 0) is 14.3 Å². The van der Waals surface area contributed by atoms with Crippen molar-refractivity contribution in [3.05, 3.63) is 91.8 Å². The number of benzene rings is 2. The minimum atomic E-state index is -0.584. The van der Waals surface area contributed by atoms with Crippen LogP contribution in [0.4, 0.5) is 5.69 Å². The van der Waals surface area contributed by atoms with Crippen LogP contribution in [0.15, 0.2) is 47.5 Å². The summed E-state index contributed by atoms with van der Waals surface area (Å²) in [4.78, 5) is 46.4. The lowest BCUT2D eigenvalue weighted by molar-refractivity contribution is -0.130. The van der Waals surface area contributed by atoms with Gasteiger partial charge in [0.15, 0.2) is 5.82 Å². The molecule has 3 heterocycles. The summed E-state index contributed by atoms with van der Waals surface area (Å²) in [6.45, 7) is 6.54. The summed E-state index contributed by atoms with van der Waals surface area (Å²) in [5, 5.41) is 13.3. The smallest absolute Gasteiger partial charge is 0.339 e. The Kier molecular flexibility index (Phi) is 10.7. The molecule has 1 aliphatic rings. The van der Waals surface area contributed by atoms with Crippen molar-refractivity contribution < 1.29 is 19.1 Å². The van der Waals surface area contributed by atoms with Gasteiger partial charge in [0, 0.05) is 52.3 Å². The number of nitrogens with one attached hydrogen (secondary N) is 1. The summed E-state index contributed by atoms with van der Waals surface area (Å²) >= 11 is 7.87. The minimum Gasteiger partial charge on any atom is -0.465 e. The van der Waals surface area contributed by atoms with Gasteiger partial charge in [-0.25, -0.2) is 4.79 Å². The number of halogens is 1. The largest absolute Gasteiger partial charge is 0.465 e.